The smallest absolute Gasteiger partial charge is 0.000696 e. The first-order valence-corrected chi connectivity index (χ1v) is 24.2. The van der Waals surface area contributed by atoms with E-state index in [4.69, 9.17) is 0 Å². The summed E-state index contributed by atoms with van der Waals surface area (Å²) in [6, 6.07) is 76.4. The van der Waals surface area contributed by atoms with E-state index >= 15 is 0 Å². The Kier molecular flexibility index (Phi) is 6.92. The molecule has 0 spiro atoms. The van der Waals surface area contributed by atoms with Crippen LogP contribution in [0.5, 0.6) is 0 Å². The van der Waals surface area contributed by atoms with Crippen LogP contribution in [-0.4, -0.2) is 0 Å². The highest BCUT2D eigenvalue weighted by Gasteiger charge is 2.33. The molecule has 0 N–H and O–H groups in total. The second-order valence-electron chi connectivity index (χ2n) is 20.5. The van der Waals surface area contributed by atoms with E-state index in [2.05, 4.69) is 221 Å². The Hall–Kier alpha value is -8.32. The van der Waals surface area contributed by atoms with Gasteiger partial charge in [-0.3, -0.25) is 0 Å². The van der Waals surface area contributed by atoms with Gasteiger partial charge >= 0.3 is 0 Å². The predicted octanol–water partition coefficient (Wildman–Crippen LogP) is 19.5. The average molecular weight is 859 g/mol. The van der Waals surface area contributed by atoms with Crippen molar-refractivity contribution in [3.05, 3.63) is 206 Å². The van der Waals surface area contributed by atoms with Crippen molar-refractivity contribution in [3.63, 3.8) is 0 Å². The molecule has 0 bridgehead atoms. The zero-order chi connectivity index (χ0) is 44.7. The van der Waals surface area contributed by atoms with Gasteiger partial charge in [-0.05, 0) is 186 Å². The molecule has 0 unspecified atom stereocenters. The van der Waals surface area contributed by atoms with Crippen molar-refractivity contribution in [2.45, 2.75) is 26.2 Å². The molecular formula is C68H42. The Bertz CT molecular complexity index is 4510. The molecule has 314 valence electrons. The van der Waals surface area contributed by atoms with E-state index in [1.165, 1.54) is 169 Å². The Morgan fingerprint density at radius 1 is 0.221 bits per heavy atom. The number of rotatable bonds is 3. The highest BCUT2D eigenvalue weighted by molar-refractivity contribution is 6.51. The summed E-state index contributed by atoms with van der Waals surface area (Å²) in [5, 5.41) is 27.0. The first kappa shape index (κ1) is 36.8. The highest BCUT2D eigenvalue weighted by atomic mass is 14.4. The maximum absolute atomic E-state index is 2.53. The minimum Gasteiger partial charge on any atom is -0.0622 e. The number of hydrogen-bond donors (Lipinski definition) is 0. The standard InChI is InChI=1S/C68H42/c1-68(2,3)40-35-53-41-23-13-14-24-42(41)63-62(53)54(36-40)57(39-21-11-6-12-22-39)66-51-33-29-47-45-27-31-49-60-50(32-28-46(58(45)60)48-30-34-52(67(63)66)61(51)59(47)48)65-56(38-19-9-5-10-20-38)44-26-16-15-25-43(44)55(64(49)65)37-17-7-4-8-18-37/h4-36H,1-3H3. The molecule has 0 fully saturated rings. The molecule has 0 atom stereocenters. The van der Waals surface area contributed by atoms with Crippen LogP contribution in [0.3, 0.4) is 0 Å². The summed E-state index contributed by atoms with van der Waals surface area (Å²) in [7, 11) is 0. The molecule has 0 saturated heterocycles. The molecule has 0 amide bonds. The largest absolute Gasteiger partial charge is 0.0622 e. The lowest BCUT2D eigenvalue weighted by atomic mass is 9.82. The van der Waals surface area contributed by atoms with Gasteiger partial charge in [0.15, 0.2) is 0 Å². The summed E-state index contributed by atoms with van der Waals surface area (Å²) >= 11 is 0. The Balaban J connectivity index is 1.08. The van der Waals surface area contributed by atoms with Gasteiger partial charge in [0.25, 0.3) is 0 Å². The average Bonchev–Trinajstić information content (AvgIpc) is 4.02. The molecular weight excluding hydrogens is 817 g/mol. The summed E-state index contributed by atoms with van der Waals surface area (Å²) in [4.78, 5) is 0. The van der Waals surface area contributed by atoms with Crippen LogP contribution in [0.25, 0.3) is 163 Å². The Morgan fingerprint density at radius 3 is 1.10 bits per heavy atom. The van der Waals surface area contributed by atoms with E-state index in [1.54, 1.807) is 0 Å². The van der Waals surface area contributed by atoms with Crippen molar-refractivity contribution >= 4 is 108 Å². The normalized spacial score (nSPS) is 12.9. The number of benzene rings is 13. The van der Waals surface area contributed by atoms with Crippen LogP contribution in [0.1, 0.15) is 26.3 Å². The van der Waals surface area contributed by atoms with Gasteiger partial charge in [0.2, 0.25) is 0 Å². The molecule has 15 aromatic rings. The molecule has 0 heteroatoms. The van der Waals surface area contributed by atoms with Gasteiger partial charge < -0.3 is 0 Å². The molecule has 68 heavy (non-hydrogen) atoms. The van der Waals surface area contributed by atoms with Crippen molar-refractivity contribution in [1.29, 1.82) is 0 Å². The minimum atomic E-state index is -0.0180. The molecule has 0 aliphatic heterocycles. The number of fused-ring (bicyclic) bond motifs is 13. The zero-order valence-electron chi connectivity index (χ0n) is 38.1. The van der Waals surface area contributed by atoms with Crippen LogP contribution in [0.15, 0.2) is 200 Å². The van der Waals surface area contributed by atoms with Crippen LogP contribution in [0, 0.1) is 0 Å². The maximum atomic E-state index is 2.53. The van der Waals surface area contributed by atoms with Crippen molar-refractivity contribution in [3.8, 4) is 55.6 Å². The third kappa shape index (κ3) is 4.47. The summed E-state index contributed by atoms with van der Waals surface area (Å²) < 4.78 is 0. The van der Waals surface area contributed by atoms with Gasteiger partial charge in [0.1, 0.15) is 0 Å². The van der Waals surface area contributed by atoms with Gasteiger partial charge in [-0.15, -0.1) is 0 Å². The zero-order valence-corrected chi connectivity index (χ0v) is 38.1. The number of hydrogen-bond acceptors (Lipinski definition) is 0. The second kappa shape index (κ2) is 12.8. The molecule has 1 aliphatic rings. The van der Waals surface area contributed by atoms with Crippen LogP contribution < -0.4 is 0 Å². The third-order valence-corrected chi connectivity index (χ3v) is 16.1. The topological polar surface area (TPSA) is 0 Å². The van der Waals surface area contributed by atoms with E-state index in [-0.39, 0.29) is 5.41 Å². The maximum Gasteiger partial charge on any atom is -0.000696 e. The molecule has 0 heterocycles. The van der Waals surface area contributed by atoms with Crippen LogP contribution in [0.2, 0.25) is 0 Å². The first-order valence-electron chi connectivity index (χ1n) is 24.2. The van der Waals surface area contributed by atoms with Gasteiger partial charge in [0, 0.05) is 0 Å². The fourth-order valence-electron chi connectivity index (χ4n) is 13.4. The van der Waals surface area contributed by atoms with Crippen molar-refractivity contribution < 1.29 is 0 Å². The Labute approximate surface area is 393 Å². The van der Waals surface area contributed by atoms with E-state index in [1.807, 2.05) is 0 Å². The molecule has 1 aliphatic carbocycles. The van der Waals surface area contributed by atoms with Crippen molar-refractivity contribution in [1.82, 2.24) is 0 Å². The van der Waals surface area contributed by atoms with Gasteiger partial charge in [-0.1, -0.05) is 209 Å². The molecule has 0 saturated carbocycles. The minimum absolute atomic E-state index is 0.0180. The second-order valence-corrected chi connectivity index (χ2v) is 20.5. The lowest BCUT2D eigenvalue weighted by Crippen LogP contribution is -2.10. The Morgan fingerprint density at radius 2 is 0.574 bits per heavy atom. The van der Waals surface area contributed by atoms with Gasteiger partial charge in [-0.2, -0.15) is 0 Å². The summed E-state index contributed by atoms with van der Waals surface area (Å²) in [6.07, 6.45) is 0. The molecule has 16 rings (SSSR count). The lowest BCUT2D eigenvalue weighted by molar-refractivity contribution is 0.592. The van der Waals surface area contributed by atoms with Crippen molar-refractivity contribution in [2.24, 2.45) is 0 Å². The molecule has 0 radical (unpaired) electrons. The first-order chi connectivity index (χ1) is 33.4. The lowest BCUT2D eigenvalue weighted by Gasteiger charge is -2.21. The monoisotopic (exact) mass is 858 g/mol. The van der Waals surface area contributed by atoms with Crippen LogP contribution in [0.4, 0.5) is 0 Å². The van der Waals surface area contributed by atoms with Gasteiger partial charge in [-0.25, -0.2) is 0 Å². The molecule has 15 aromatic carbocycles. The van der Waals surface area contributed by atoms with Gasteiger partial charge in [0.05, 0.1) is 0 Å². The fourth-order valence-corrected chi connectivity index (χ4v) is 13.4. The molecule has 0 aromatic heterocycles. The summed E-state index contributed by atoms with van der Waals surface area (Å²) in [5.74, 6) is 0. The molecule has 0 nitrogen and oxygen atoms in total. The van der Waals surface area contributed by atoms with E-state index in [0.717, 1.165) is 0 Å². The third-order valence-electron chi connectivity index (χ3n) is 16.1. The fraction of sp³-hybridized carbons (Fsp3) is 0.0588. The summed E-state index contributed by atoms with van der Waals surface area (Å²) in [5.41, 5.74) is 14.4. The quantitative estimate of drug-likeness (QED) is 0.123. The van der Waals surface area contributed by atoms with Crippen LogP contribution >= 0.6 is 0 Å². The SMILES string of the molecule is CC(C)(C)c1cc2c(-c3ccccc3)c3c4ccc5c6ccc7c8c(ccc(c9ccc(c4c59)c3c3c4ccccc4c(c1)c23)c86)-c1c-7c(-c2ccccc2)c2ccccc2c1-c1ccccc1. The highest BCUT2D eigenvalue weighted by Crippen LogP contribution is 2.61. The predicted molar refractivity (Wildman–Crippen MR) is 294 cm³/mol. The van der Waals surface area contributed by atoms with Crippen LogP contribution in [-0.2, 0) is 5.41 Å². The van der Waals surface area contributed by atoms with E-state index in [9.17, 15) is 0 Å². The van der Waals surface area contributed by atoms with E-state index < -0.39 is 0 Å². The van der Waals surface area contributed by atoms with E-state index in [0.29, 0.717) is 0 Å². The van der Waals surface area contributed by atoms with Crippen molar-refractivity contribution in [2.75, 3.05) is 0 Å². The summed E-state index contributed by atoms with van der Waals surface area (Å²) in [6.45, 7) is 7.06.